The van der Waals surface area contributed by atoms with Gasteiger partial charge >= 0.3 is 0 Å². The molecular formula is C11H23NO3. The van der Waals surface area contributed by atoms with Crippen molar-refractivity contribution in [1.82, 2.24) is 4.90 Å². The summed E-state index contributed by atoms with van der Waals surface area (Å²) in [7, 11) is 0. The van der Waals surface area contributed by atoms with E-state index < -0.39 is 5.41 Å². The van der Waals surface area contributed by atoms with Gasteiger partial charge in [0.25, 0.3) is 0 Å². The fourth-order valence-electron chi connectivity index (χ4n) is 2.22. The minimum Gasteiger partial charge on any atom is -0.396 e. The molecule has 3 N–H and O–H groups in total. The minimum absolute atomic E-state index is 0.0213. The van der Waals surface area contributed by atoms with Gasteiger partial charge in [0.1, 0.15) is 0 Å². The van der Waals surface area contributed by atoms with Crippen LogP contribution in [0, 0.1) is 11.3 Å². The van der Waals surface area contributed by atoms with Crippen molar-refractivity contribution in [2.24, 2.45) is 11.3 Å². The fraction of sp³-hybridized carbons (Fsp3) is 1.00. The van der Waals surface area contributed by atoms with Crippen molar-refractivity contribution >= 4 is 0 Å². The quantitative estimate of drug-likeness (QED) is 0.590. The van der Waals surface area contributed by atoms with Crippen molar-refractivity contribution < 1.29 is 15.3 Å². The van der Waals surface area contributed by atoms with E-state index in [1.165, 1.54) is 0 Å². The lowest BCUT2D eigenvalue weighted by Crippen LogP contribution is -2.45. The maximum Gasteiger partial charge on any atom is 0.0589 e. The highest BCUT2D eigenvalue weighted by Crippen LogP contribution is 2.27. The second-order valence-corrected chi connectivity index (χ2v) is 5.11. The van der Waals surface area contributed by atoms with Gasteiger partial charge in [-0.25, -0.2) is 0 Å². The summed E-state index contributed by atoms with van der Waals surface area (Å²) >= 11 is 0. The summed E-state index contributed by atoms with van der Waals surface area (Å²) in [5, 5.41) is 27.7. The van der Waals surface area contributed by atoms with Gasteiger partial charge in [-0.2, -0.15) is 0 Å². The van der Waals surface area contributed by atoms with Gasteiger partial charge in [-0.3, -0.25) is 4.90 Å². The molecule has 0 aromatic carbocycles. The van der Waals surface area contributed by atoms with Gasteiger partial charge < -0.3 is 15.3 Å². The maximum absolute atomic E-state index is 9.28. The topological polar surface area (TPSA) is 63.9 Å². The predicted octanol–water partition coefficient (Wildman–Crippen LogP) is -0.320. The molecule has 2 atom stereocenters. The normalized spacial score (nSPS) is 28.6. The molecule has 0 radical (unpaired) electrons. The van der Waals surface area contributed by atoms with Crippen LogP contribution in [-0.2, 0) is 0 Å². The van der Waals surface area contributed by atoms with Crippen molar-refractivity contribution in [2.45, 2.75) is 26.3 Å². The lowest BCUT2D eigenvalue weighted by molar-refractivity contribution is 0.0201. The van der Waals surface area contributed by atoms with Crippen LogP contribution in [0.1, 0.15) is 20.3 Å². The van der Waals surface area contributed by atoms with Crippen molar-refractivity contribution in [3.05, 3.63) is 0 Å². The molecule has 1 aliphatic rings. The molecule has 1 fully saturated rings. The fourth-order valence-corrected chi connectivity index (χ4v) is 2.22. The first-order valence-corrected chi connectivity index (χ1v) is 5.63. The zero-order valence-corrected chi connectivity index (χ0v) is 9.69. The van der Waals surface area contributed by atoms with Crippen LogP contribution in [0.4, 0.5) is 0 Å². The van der Waals surface area contributed by atoms with Crippen LogP contribution in [0.5, 0.6) is 0 Å². The van der Waals surface area contributed by atoms with Crippen LogP contribution >= 0.6 is 0 Å². The number of aliphatic hydroxyl groups is 3. The van der Waals surface area contributed by atoms with Gasteiger partial charge in [-0.05, 0) is 18.9 Å². The summed E-state index contributed by atoms with van der Waals surface area (Å²) in [5.74, 6) is 0.497. The highest BCUT2D eigenvalue weighted by atomic mass is 16.3. The first-order valence-electron chi connectivity index (χ1n) is 5.63. The first-order chi connectivity index (χ1) is 7.06. The Morgan fingerprint density at radius 2 is 1.87 bits per heavy atom. The number of rotatable bonds is 5. The number of hydrogen-bond acceptors (Lipinski definition) is 4. The highest BCUT2D eigenvalue weighted by molar-refractivity contribution is 4.88. The van der Waals surface area contributed by atoms with Gasteiger partial charge in [-0.15, -0.1) is 0 Å². The van der Waals surface area contributed by atoms with Gasteiger partial charge in [0, 0.05) is 18.0 Å². The van der Waals surface area contributed by atoms with E-state index in [-0.39, 0.29) is 25.9 Å². The van der Waals surface area contributed by atoms with Gasteiger partial charge in [0.05, 0.1) is 19.8 Å². The van der Waals surface area contributed by atoms with Crippen LogP contribution in [-0.4, -0.2) is 59.2 Å². The van der Waals surface area contributed by atoms with Crippen molar-refractivity contribution in [1.29, 1.82) is 0 Å². The standard InChI is InChI=1S/C11H23NO3/c1-9-3-4-12(10(9)5-13)6-11(2,7-14)8-15/h9-10,13-15H,3-8H2,1-2H3. The summed E-state index contributed by atoms with van der Waals surface area (Å²) in [6.07, 6.45) is 1.08. The van der Waals surface area contributed by atoms with E-state index >= 15 is 0 Å². The van der Waals surface area contributed by atoms with Crippen LogP contribution in [0.15, 0.2) is 0 Å². The molecule has 1 heterocycles. The van der Waals surface area contributed by atoms with Gasteiger partial charge in [0.2, 0.25) is 0 Å². The Morgan fingerprint density at radius 1 is 1.27 bits per heavy atom. The van der Waals surface area contributed by atoms with E-state index in [2.05, 4.69) is 11.8 Å². The molecular weight excluding hydrogens is 194 g/mol. The Kier molecular flexibility index (Phi) is 4.52. The molecule has 0 spiro atoms. The molecule has 1 saturated heterocycles. The van der Waals surface area contributed by atoms with E-state index in [9.17, 15) is 15.3 Å². The van der Waals surface area contributed by atoms with Crippen LogP contribution in [0.2, 0.25) is 0 Å². The summed E-state index contributed by atoms with van der Waals surface area (Å²) in [6, 6.07) is 0.183. The third kappa shape index (κ3) is 2.91. The summed E-state index contributed by atoms with van der Waals surface area (Å²) in [6.45, 7) is 5.71. The van der Waals surface area contributed by atoms with Gasteiger partial charge in [0.15, 0.2) is 0 Å². The molecule has 4 heteroatoms. The predicted molar refractivity (Wildman–Crippen MR) is 58.5 cm³/mol. The van der Waals surface area contributed by atoms with E-state index in [1.54, 1.807) is 0 Å². The molecule has 0 aromatic heterocycles. The van der Waals surface area contributed by atoms with E-state index in [0.29, 0.717) is 12.5 Å². The largest absolute Gasteiger partial charge is 0.396 e. The number of nitrogens with zero attached hydrogens (tertiary/aromatic N) is 1. The Bertz CT molecular complexity index is 194. The molecule has 0 amide bonds. The summed E-state index contributed by atoms with van der Waals surface area (Å²) in [4.78, 5) is 2.18. The van der Waals surface area contributed by atoms with E-state index in [1.807, 2.05) is 6.92 Å². The van der Waals surface area contributed by atoms with Crippen molar-refractivity contribution in [2.75, 3.05) is 32.9 Å². The Balaban J connectivity index is 2.57. The average molecular weight is 217 g/mol. The summed E-state index contributed by atoms with van der Waals surface area (Å²) < 4.78 is 0. The van der Waals surface area contributed by atoms with Crippen molar-refractivity contribution in [3.8, 4) is 0 Å². The van der Waals surface area contributed by atoms with Gasteiger partial charge in [-0.1, -0.05) is 13.8 Å². The number of hydrogen-bond donors (Lipinski definition) is 3. The third-order valence-corrected chi connectivity index (χ3v) is 3.53. The molecule has 0 bridgehead atoms. The van der Waals surface area contributed by atoms with Crippen molar-refractivity contribution in [3.63, 3.8) is 0 Å². The smallest absolute Gasteiger partial charge is 0.0589 e. The molecule has 0 aliphatic carbocycles. The van der Waals surface area contributed by atoms with E-state index in [4.69, 9.17) is 0 Å². The second kappa shape index (κ2) is 5.25. The lowest BCUT2D eigenvalue weighted by Gasteiger charge is -2.34. The molecule has 1 aliphatic heterocycles. The average Bonchev–Trinajstić information content (AvgIpc) is 2.59. The number of aliphatic hydroxyl groups excluding tert-OH is 3. The third-order valence-electron chi connectivity index (χ3n) is 3.53. The summed E-state index contributed by atoms with van der Waals surface area (Å²) in [5.41, 5.74) is -0.461. The number of likely N-dealkylation sites (tertiary alicyclic amines) is 1. The zero-order chi connectivity index (χ0) is 11.5. The minimum atomic E-state index is -0.461. The van der Waals surface area contributed by atoms with E-state index in [0.717, 1.165) is 13.0 Å². The Labute approximate surface area is 91.5 Å². The molecule has 4 nitrogen and oxygen atoms in total. The van der Waals surface area contributed by atoms with Crippen LogP contribution < -0.4 is 0 Å². The lowest BCUT2D eigenvalue weighted by atomic mass is 9.91. The monoisotopic (exact) mass is 217 g/mol. The maximum atomic E-state index is 9.28. The Morgan fingerprint density at radius 3 is 2.33 bits per heavy atom. The van der Waals surface area contributed by atoms with Crippen LogP contribution in [0.3, 0.4) is 0 Å². The zero-order valence-electron chi connectivity index (χ0n) is 9.69. The first kappa shape index (κ1) is 12.9. The van der Waals surface area contributed by atoms with Crippen LogP contribution in [0.25, 0.3) is 0 Å². The highest BCUT2D eigenvalue weighted by Gasteiger charge is 2.35. The molecule has 0 aromatic rings. The molecule has 2 unspecified atom stereocenters. The Hall–Kier alpha value is -0.160. The molecule has 90 valence electrons. The molecule has 15 heavy (non-hydrogen) atoms. The molecule has 0 saturated carbocycles. The second-order valence-electron chi connectivity index (χ2n) is 5.11. The SMILES string of the molecule is CC1CCN(CC(C)(CO)CO)C1CO. The molecule has 1 rings (SSSR count).